The van der Waals surface area contributed by atoms with E-state index < -0.39 is 0 Å². The van der Waals surface area contributed by atoms with Crippen LogP contribution in [0.5, 0.6) is 0 Å². The smallest absolute Gasteiger partial charge is 0.0108 e. The van der Waals surface area contributed by atoms with Gasteiger partial charge in [-0.15, -0.1) is 0 Å². The number of likely N-dealkylation sites (tertiary alicyclic amines) is 1. The topological polar surface area (TPSA) is 15.3 Å². The van der Waals surface area contributed by atoms with Gasteiger partial charge in [0.05, 0.1) is 0 Å². The van der Waals surface area contributed by atoms with Crippen LogP contribution in [-0.2, 0) is 0 Å². The molecule has 0 radical (unpaired) electrons. The van der Waals surface area contributed by atoms with Crippen LogP contribution in [0.15, 0.2) is 0 Å². The summed E-state index contributed by atoms with van der Waals surface area (Å²) in [7, 11) is 0. The quantitative estimate of drug-likeness (QED) is 0.741. The average Bonchev–Trinajstić information content (AvgIpc) is 2.71. The van der Waals surface area contributed by atoms with Gasteiger partial charge in [0.25, 0.3) is 0 Å². The van der Waals surface area contributed by atoms with Gasteiger partial charge in [-0.2, -0.15) is 0 Å². The van der Waals surface area contributed by atoms with Gasteiger partial charge in [0.2, 0.25) is 0 Å². The minimum atomic E-state index is 0.842. The Balaban J connectivity index is 1.80. The lowest BCUT2D eigenvalue weighted by Crippen LogP contribution is -2.43. The lowest BCUT2D eigenvalue weighted by Gasteiger charge is -2.35. The first-order chi connectivity index (χ1) is 6.90. The SMILES string of the molecule is CCCN1CCCC(C2CCCN2)C1. The van der Waals surface area contributed by atoms with Crippen LogP contribution < -0.4 is 5.32 Å². The van der Waals surface area contributed by atoms with Crippen LogP contribution in [0.25, 0.3) is 0 Å². The minimum absolute atomic E-state index is 0.842. The van der Waals surface area contributed by atoms with Crippen molar-refractivity contribution >= 4 is 0 Å². The average molecular weight is 196 g/mol. The Morgan fingerprint density at radius 3 is 2.93 bits per heavy atom. The van der Waals surface area contributed by atoms with Gasteiger partial charge in [0.15, 0.2) is 0 Å². The molecule has 0 saturated carbocycles. The number of hydrogen-bond acceptors (Lipinski definition) is 2. The normalized spacial score (nSPS) is 34.9. The van der Waals surface area contributed by atoms with Crippen molar-refractivity contribution in [3.05, 3.63) is 0 Å². The second kappa shape index (κ2) is 5.13. The molecule has 0 aliphatic carbocycles. The van der Waals surface area contributed by atoms with Crippen LogP contribution in [0.3, 0.4) is 0 Å². The molecule has 0 aromatic heterocycles. The first kappa shape index (κ1) is 10.4. The van der Waals surface area contributed by atoms with Crippen LogP contribution >= 0.6 is 0 Å². The molecule has 2 nitrogen and oxygen atoms in total. The maximum atomic E-state index is 3.66. The zero-order valence-corrected chi connectivity index (χ0v) is 9.47. The molecule has 0 spiro atoms. The van der Waals surface area contributed by atoms with Gasteiger partial charge in [-0.3, -0.25) is 0 Å². The molecule has 2 unspecified atom stereocenters. The van der Waals surface area contributed by atoms with Gasteiger partial charge in [-0.1, -0.05) is 6.92 Å². The van der Waals surface area contributed by atoms with Gasteiger partial charge >= 0.3 is 0 Å². The summed E-state index contributed by atoms with van der Waals surface area (Å²) in [6.07, 6.45) is 7.01. The molecule has 0 aromatic rings. The second-order valence-electron chi connectivity index (χ2n) is 4.91. The molecule has 2 heterocycles. The van der Waals surface area contributed by atoms with E-state index in [2.05, 4.69) is 17.1 Å². The van der Waals surface area contributed by atoms with E-state index in [0.29, 0.717) is 0 Å². The van der Waals surface area contributed by atoms with E-state index in [1.165, 1.54) is 58.3 Å². The largest absolute Gasteiger partial charge is 0.314 e. The second-order valence-corrected chi connectivity index (χ2v) is 4.91. The van der Waals surface area contributed by atoms with Crippen molar-refractivity contribution in [2.75, 3.05) is 26.2 Å². The number of hydrogen-bond donors (Lipinski definition) is 1. The molecule has 2 heteroatoms. The van der Waals surface area contributed by atoms with Crippen molar-refractivity contribution in [2.45, 2.75) is 45.1 Å². The fraction of sp³-hybridized carbons (Fsp3) is 1.00. The highest BCUT2D eigenvalue weighted by Gasteiger charge is 2.28. The van der Waals surface area contributed by atoms with E-state index in [1.54, 1.807) is 0 Å². The van der Waals surface area contributed by atoms with Crippen molar-refractivity contribution in [2.24, 2.45) is 5.92 Å². The highest BCUT2D eigenvalue weighted by molar-refractivity contribution is 4.86. The molecule has 2 fully saturated rings. The van der Waals surface area contributed by atoms with Crippen LogP contribution in [-0.4, -0.2) is 37.1 Å². The van der Waals surface area contributed by atoms with E-state index in [0.717, 1.165) is 12.0 Å². The van der Waals surface area contributed by atoms with E-state index in [-0.39, 0.29) is 0 Å². The summed E-state index contributed by atoms with van der Waals surface area (Å²) in [4.78, 5) is 2.66. The molecule has 2 atom stereocenters. The highest BCUT2D eigenvalue weighted by atomic mass is 15.1. The fourth-order valence-electron chi connectivity index (χ4n) is 3.05. The molecular formula is C12H24N2. The number of rotatable bonds is 3. The maximum Gasteiger partial charge on any atom is 0.0108 e. The molecule has 1 N–H and O–H groups in total. The Hall–Kier alpha value is -0.0800. The molecule has 2 aliphatic rings. The molecule has 2 rings (SSSR count). The molecule has 0 bridgehead atoms. The lowest BCUT2D eigenvalue weighted by molar-refractivity contribution is 0.152. The fourth-order valence-corrected chi connectivity index (χ4v) is 3.05. The zero-order chi connectivity index (χ0) is 9.80. The Labute approximate surface area is 88.1 Å². The summed E-state index contributed by atoms with van der Waals surface area (Å²) in [6, 6.07) is 0.842. The minimum Gasteiger partial charge on any atom is -0.314 e. The standard InChI is InChI=1S/C12H24N2/c1-2-8-14-9-4-5-11(10-14)12-6-3-7-13-12/h11-13H,2-10H2,1H3. The summed E-state index contributed by atoms with van der Waals surface area (Å²) in [6.45, 7) is 7.55. The number of nitrogens with one attached hydrogen (secondary N) is 1. The van der Waals surface area contributed by atoms with Gasteiger partial charge in [0, 0.05) is 12.6 Å². The predicted molar refractivity (Wildman–Crippen MR) is 60.5 cm³/mol. The third kappa shape index (κ3) is 2.48. The highest BCUT2D eigenvalue weighted by Crippen LogP contribution is 2.24. The van der Waals surface area contributed by atoms with Crippen molar-refractivity contribution in [1.82, 2.24) is 10.2 Å². The first-order valence-electron chi connectivity index (χ1n) is 6.36. The van der Waals surface area contributed by atoms with E-state index in [9.17, 15) is 0 Å². The molecular weight excluding hydrogens is 172 g/mol. The number of nitrogens with zero attached hydrogens (tertiary/aromatic N) is 1. The van der Waals surface area contributed by atoms with Gasteiger partial charge < -0.3 is 10.2 Å². The van der Waals surface area contributed by atoms with E-state index in [1.807, 2.05) is 0 Å². The zero-order valence-electron chi connectivity index (χ0n) is 9.47. The maximum absolute atomic E-state index is 3.66. The Morgan fingerprint density at radius 2 is 2.21 bits per heavy atom. The molecule has 0 aromatic carbocycles. The monoisotopic (exact) mass is 196 g/mol. The predicted octanol–water partition coefficient (Wildman–Crippen LogP) is 1.86. The third-order valence-corrected chi connectivity index (χ3v) is 3.75. The lowest BCUT2D eigenvalue weighted by atomic mass is 9.90. The van der Waals surface area contributed by atoms with E-state index in [4.69, 9.17) is 0 Å². The third-order valence-electron chi connectivity index (χ3n) is 3.75. The van der Waals surface area contributed by atoms with Crippen molar-refractivity contribution in [1.29, 1.82) is 0 Å². The van der Waals surface area contributed by atoms with E-state index >= 15 is 0 Å². The van der Waals surface area contributed by atoms with Crippen LogP contribution in [0.1, 0.15) is 39.0 Å². The van der Waals surface area contributed by atoms with Crippen LogP contribution in [0.2, 0.25) is 0 Å². The van der Waals surface area contributed by atoms with Crippen molar-refractivity contribution in [3.8, 4) is 0 Å². The van der Waals surface area contributed by atoms with Crippen LogP contribution in [0, 0.1) is 5.92 Å². The Kier molecular flexibility index (Phi) is 3.82. The Morgan fingerprint density at radius 1 is 1.29 bits per heavy atom. The summed E-state index contributed by atoms with van der Waals surface area (Å²) >= 11 is 0. The van der Waals surface area contributed by atoms with Crippen molar-refractivity contribution < 1.29 is 0 Å². The molecule has 2 aliphatic heterocycles. The molecule has 0 amide bonds. The van der Waals surface area contributed by atoms with Gasteiger partial charge in [-0.25, -0.2) is 0 Å². The summed E-state index contributed by atoms with van der Waals surface area (Å²) < 4.78 is 0. The summed E-state index contributed by atoms with van der Waals surface area (Å²) in [5.41, 5.74) is 0. The molecule has 2 saturated heterocycles. The summed E-state index contributed by atoms with van der Waals surface area (Å²) in [5.74, 6) is 0.942. The van der Waals surface area contributed by atoms with Gasteiger partial charge in [-0.05, 0) is 57.7 Å². The van der Waals surface area contributed by atoms with Crippen LogP contribution in [0.4, 0.5) is 0 Å². The number of piperidine rings is 1. The molecule has 82 valence electrons. The van der Waals surface area contributed by atoms with Crippen molar-refractivity contribution in [3.63, 3.8) is 0 Å². The first-order valence-corrected chi connectivity index (χ1v) is 6.36. The summed E-state index contributed by atoms with van der Waals surface area (Å²) in [5, 5.41) is 3.66. The van der Waals surface area contributed by atoms with Gasteiger partial charge in [0.1, 0.15) is 0 Å². The Bertz CT molecular complexity index is 162. The molecule has 14 heavy (non-hydrogen) atoms.